The van der Waals surface area contributed by atoms with Crippen LogP contribution in [0.25, 0.3) is 16.8 Å². The van der Waals surface area contributed by atoms with Crippen molar-refractivity contribution in [3.8, 4) is 0 Å². The molecule has 0 aliphatic heterocycles. The van der Waals surface area contributed by atoms with Crippen LogP contribution in [0.2, 0.25) is 0 Å². The molecule has 2 aromatic carbocycles. The van der Waals surface area contributed by atoms with Gasteiger partial charge in [0.2, 0.25) is 0 Å². The first-order valence-electron chi connectivity index (χ1n) is 4.11. The van der Waals surface area contributed by atoms with Crippen molar-refractivity contribution in [3.63, 3.8) is 0 Å². The van der Waals surface area contributed by atoms with Gasteiger partial charge in [0, 0.05) is 4.47 Å². The Labute approximate surface area is 86.0 Å². The summed E-state index contributed by atoms with van der Waals surface area (Å²) in [5.74, 6) is 0. The van der Waals surface area contributed by atoms with Gasteiger partial charge in [0.1, 0.15) is 0 Å². The molecular formula is C12H9Br. The molecule has 2 aromatic rings. The second-order valence-corrected chi connectivity index (χ2v) is 3.87. The van der Waals surface area contributed by atoms with E-state index in [2.05, 4.69) is 58.9 Å². The minimum absolute atomic E-state index is 1.12. The van der Waals surface area contributed by atoms with Gasteiger partial charge in [-0.1, -0.05) is 46.8 Å². The fourth-order valence-corrected chi connectivity index (χ4v) is 1.74. The van der Waals surface area contributed by atoms with Crippen molar-refractivity contribution in [2.75, 3.05) is 0 Å². The van der Waals surface area contributed by atoms with E-state index in [1.807, 2.05) is 6.08 Å². The molecule has 0 atom stereocenters. The Morgan fingerprint density at radius 3 is 2.46 bits per heavy atom. The third-order valence-corrected chi connectivity index (χ3v) is 2.56. The van der Waals surface area contributed by atoms with Crippen molar-refractivity contribution < 1.29 is 0 Å². The summed E-state index contributed by atoms with van der Waals surface area (Å²) in [6.45, 7) is 3.75. The van der Waals surface area contributed by atoms with E-state index < -0.39 is 0 Å². The van der Waals surface area contributed by atoms with Crippen LogP contribution in [0.4, 0.5) is 0 Å². The highest BCUT2D eigenvalue weighted by Crippen LogP contribution is 2.21. The lowest BCUT2D eigenvalue weighted by Gasteiger charge is -1.99. The second kappa shape index (κ2) is 3.35. The van der Waals surface area contributed by atoms with E-state index in [9.17, 15) is 0 Å². The lowest BCUT2D eigenvalue weighted by molar-refractivity contribution is 1.68. The van der Waals surface area contributed by atoms with Crippen LogP contribution in [-0.2, 0) is 0 Å². The molecule has 0 spiro atoms. The molecule has 0 N–H and O–H groups in total. The maximum absolute atomic E-state index is 3.75. The molecule has 0 aliphatic rings. The summed E-state index contributed by atoms with van der Waals surface area (Å²) in [7, 11) is 0. The quantitative estimate of drug-likeness (QED) is 0.690. The fourth-order valence-electron chi connectivity index (χ4n) is 1.36. The van der Waals surface area contributed by atoms with Gasteiger partial charge in [0.25, 0.3) is 0 Å². The van der Waals surface area contributed by atoms with E-state index in [0.29, 0.717) is 0 Å². The fraction of sp³-hybridized carbons (Fsp3) is 0. The minimum atomic E-state index is 1.12. The minimum Gasteiger partial charge on any atom is -0.0985 e. The van der Waals surface area contributed by atoms with Gasteiger partial charge in [-0.3, -0.25) is 0 Å². The lowest BCUT2D eigenvalue weighted by atomic mass is 10.1. The summed E-state index contributed by atoms with van der Waals surface area (Å²) in [5, 5.41) is 2.50. The summed E-state index contributed by atoms with van der Waals surface area (Å²) < 4.78 is 1.12. The lowest BCUT2D eigenvalue weighted by Crippen LogP contribution is -1.75. The molecule has 1 heteroatoms. The predicted octanol–water partition coefficient (Wildman–Crippen LogP) is 4.25. The molecule has 2 rings (SSSR count). The summed E-state index contributed by atoms with van der Waals surface area (Å²) in [6, 6.07) is 12.6. The van der Waals surface area contributed by atoms with Gasteiger partial charge >= 0.3 is 0 Å². The standard InChI is InChI=1S/C12H9Br/c1-2-9-3-4-11-8-12(13)6-5-10(11)7-9/h2-8H,1H2. The number of fused-ring (bicyclic) bond motifs is 1. The maximum Gasteiger partial charge on any atom is 0.0181 e. The first-order valence-corrected chi connectivity index (χ1v) is 4.90. The van der Waals surface area contributed by atoms with Crippen LogP contribution in [0.15, 0.2) is 47.4 Å². The topological polar surface area (TPSA) is 0 Å². The average Bonchev–Trinajstić information content (AvgIpc) is 2.17. The number of halogens is 1. The first-order chi connectivity index (χ1) is 6.29. The molecule has 0 saturated heterocycles. The summed E-state index contributed by atoms with van der Waals surface area (Å²) in [4.78, 5) is 0. The van der Waals surface area contributed by atoms with E-state index in [-0.39, 0.29) is 0 Å². The molecule has 13 heavy (non-hydrogen) atoms. The highest BCUT2D eigenvalue weighted by atomic mass is 79.9. The van der Waals surface area contributed by atoms with Gasteiger partial charge < -0.3 is 0 Å². The normalized spacial score (nSPS) is 10.2. The van der Waals surface area contributed by atoms with E-state index >= 15 is 0 Å². The largest absolute Gasteiger partial charge is 0.0985 e. The number of hydrogen-bond donors (Lipinski definition) is 0. The molecular weight excluding hydrogens is 224 g/mol. The zero-order chi connectivity index (χ0) is 9.26. The molecule has 0 aromatic heterocycles. The summed E-state index contributed by atoms with van der Waals surface area (Å²) in [6.07, 6.45) is 1.86. The SMILES string of the molecule is C=Cc1ccc2cc(Br)ccc2c1. The van der Waals surface area contributed by atoms with Gasteiger partial charge in [-0.15, -0.1) is 0 Å². The molecule has 0 heterocycles. The van der Waals surface area contributed by atoms with Gasteiger partial charge in [0.15, 0.2) is 0 Å². The molecule has 0 unspecified atom stereocenters. The van der Waals surface area contributed by atoms with Crippen molar-refractivity contribution in [2.45, 2.75) is 0 Å². The summed E-state index contributed by atoms with van der Waals surface area (Å²) >= 11 is 3.45. The van der Waals surface area contributed by atoms with Crippen LogP contribution < -0.4 is 0 Å². The second-order valence-electron chi connectivity index (χ2n) is 2.96. The number of rotatable bonds is 1. The van der Waals surface area contributed by atoms with Crippen LogP contribution in [-0.4, -0.2) is 0 Å². The molecule has 0 bridgehead atoms. The Kier molecular flexibility index (Phi) is 2.19. The van der Waals surface area contributed by atoms with Crippen LogP contribution in [0.1, 0.15) is 5.56 Å². The Morgan fingerprint density at radius 2 is 1.69 bits per heavy atom. The van der Waals surface area contributed by atoms with Crippen molar-refractivity contribution in [2.24, 2.45) is 0 Å². The zero-order valence-electron chi connectivity index (χ0n) is 7.13. The molecule has 0 nitrogen and oxygen atoms in total. The Hall–Kier alpha value is -1.08. The molecule has 0 amide bonds. The van der Waals surface area contributed by atoms with Crippen molar-refractivity contribution in [1.82, 2.24) is 0 Å². The first kappa shape index (κ1) is 8.52. The molecule has 0 radical (unpaired) electrons. The third-order valence-electron chi connectivity index (χ3n) is 2.06. The number of hydrogen-bond acceptors (Lipinski definition) is 0. The van der Waals surface area contributed by atoms with E-state index in [1.165, 1.54) is 10.8 Å². The molecule has 0 saturated carbocycles. The van der Waals surface area contributed by atoms with Crippen LogP contribution >= 0.6 is 15.9 Å². The molecule has 0 aliphatic carbocycles. The van der Waals surface area contributed by atoms with Crippen LogP contribution in [0.5, 0.6) is 0 Å². The van der Waals surface area contributed by atoms with Crippen molar-refractivity contribution in [3.05, 3.63) is 53.0 Å². The average molecular weight is 233 g/mol. The molecule has 0 fully saturated rings. The number of benzene rings is 2. The Morgan fingerprint density at radius 1 is 1.00 bits per heavy atom. The van der Waals surface area contributed by atoms with E-state index in [1.54, 1.807) is 0 Å². The van der Waals surface area contributed by atoms with Crippen molar-refractivity contribution in [1.29, 1.82) is 0 Å². The van der Waals surface area contributed by atoms with Crippen molar-refractivity contribution >= 4 is 32.8 Å². The van der Waals surface area contributed by atoms with E-state index in [0.717, 1.165) is 10.0 Å². The zero-order valence-corrected chi connectivity index (χ0v) is 8.71. The van der Waals surface area contributed by atoms with Gasteiger partial charge in [-0.05, 0) is 34.5 Å². The monoisotopic (exact) mass is 232 g/mol. The van der Waals surface area contributed by atoms with E-state index in [4.69, 9.17) is 0 Å². The predicted molar refractivity (Wildman–Crippen MR) is 61.7 cm³/mol. The molecule has 64 valence electrons. The van der Waals surface area contributed by atoms with Crippen LogP contribution in [0, 0.1) is 0 Å². The Balaban J connectivity index is 2.73. The third kappa shape index (κ3) is 1.65. The highest BCUT2D eigenvalue weighted by Gasteiger charge is 1.94. The van der Waals surface area contributed by atoms with Crippen LogP contribution in [0.3, 0.4) is 0 Å². The highest BCUT2D eigenvalue weighted by molar-refractivity contribution is 9.10. The smallest absolute Gasteiger partial charge is 0.0181 e. The van der Waals surface area contributed by atoms with Gasteiger partial charge in [0.05, 0.1) is 0 Å². The Bertz CT molecular complexity index is 458. The van der Waals surface area contributed by atoms with Gasteiger partial charge in [-0.25, -0.2) is 0 Å². The maximum atomic E-state index is 3.75. The summed E-state index contributed by atoms with van der Waals surface area (Å²) in [5.41, 5.74) is 1.16. The van der Waals surface area contributed by atoms with Gasteiger partial charge in [-0.2, -0.15) is 0 Å².